The van der Waals surface area contributed by atoms with Gasteiger partial charge in [-0.05, 0) is 68.8 Å². The number of carbonyl (C=O) groups is 1. The van der Waals surface area contributed by atoms with Crippen LogP contribution in [0.1, 0.15) is 78.2 Å². The van der Waals surface area contributed by atoms with Crippen LogP contribution < -0.4 is 9.47 Å². The van der Waals surface area contributed by atoms with Crippen molar-refractivity contribution >= 4 is 5.91 Å². The number of carbonyl (C=O) groups excluding carboxylic acids is 1. The fourth-order valence-electron chi connectivity index (χ4n) is 5.35. The van der Waals surface area contributed by atoms with Crippen LogP contribution in [0.5, 0.6) is 11.5 Å². The maximum Gasteiger partial charge on any atom is 0.260 e. The molecule has 36 heavy (non-hydrogen) atoms. The fourth-order valence-corrected chi connectivity index (χ4v) is 5.35. The Labute approximate surface area is 218 Å². The SMILES string of the molecule is CC/C=C\N(CC)CCC[C@H]1[C@H](C)[C@@H](c2ccc3c(c2)OCO3)CN1CC(=O)N(CCC)OCCC. The number of rotatable bonds is 15. The van der Waals surface area contributed by atoms with Gasteiger partial charge in [-0.15, -0.1) is 0 Å². The zero-order chi connectivity index (χ0) is 25.9. The number of ether oxygens (including phenoxy) is 2. The van der Waals surface area contributed by atoms with Gasteiger partial charge in [-0.25, -0.2) is 5.06 Å². The molecule has 0 bridgehead atoms. The number of allylic oxidation sites excluding steroid dienone is 1. The Morgan fingerprint density at radius 3 is 2.67 bits per heavy atom. The van der Waals surface area contributed by atoms with E-state index >= 15 is 0 Å². The normalized spacial score (nSPS) is 21.4. The smallest absolute Gasteiger partial charge is 0.260 e. The van der Waals surface area contributed by atoms with Gasteiger partial charge < -0.3 is 14.4 Å². The molecule has 1 aromatic carbocycles. The van der Waals surface area contributed by atoms with Gasteiger partial charge in [0, 0.05) is 38.1 Å². The second-order valence-electron chi connectivity index (χ2n) is 9.97. The third-order valence-corrected chi connectivity index (χ3v) is 7.36. The molecule has 1 amide bonds. The van der Waals surface area contributed by atoms with Gasteiger partial charge >= 0.3 is 0 Å². The van der Waals surface area contributed by atoms with Gasteiger partial charge in [0.25, 0.3) is 5.91 Å². The first-order valence-corrected chi connectivity index (χ1v) is 14.0. The zero-order valence-electron chi connectivity index (χ0n) is 23.1. The number of hydroxylamine groups is 2. The highest BCUT2D eigenvalue weighted by atomic mass is 16.7. The van der Waals surface area contributed by atoms with Crippen LogP contribution in [0.3, 0.4) is 0 Å². The van der Waals surface area contributed by atoms with Crippen LogP contribution in [-0.2, 0) is 9.63 Å². The minimum Gasteiger partial charge on any atom is -0.454 e. The van der Waals surface area contributed by atoms with E-state index in [1.165, 1.54) is 5.56 Å². The molecule has 1 saturated heterocycles. The molecule has 0 spiro atoms. The van der Waals surface area contributed by atoms with Crippen molar-refractivity contribution in [3.8, 4) is 11.5 Å². The average Bonchev–Trinajstić information content (AvgIpc) is 3.47. The number of hydrogen-bond acceptors (Lipinski definition) is 6. The molecule has 2 aliphatic rings. The van der Waals surface area contributed by atoms with Gasteiger partial charge in [-0.3, -0.25) is 14.5 Å². The molecule has 2 heterocycles. The van der Waals surface area contributed by atoms with Crippen molar-refractivity contribution in [1.29, 1.82) is 0 Å². The number of fused-ring (bicyclic) bond motifs is 1. The zero-order valence-corrected chi connectivity index (χ0v) is 23.1. The Balaban J connectivity index is 1.73. The van der Waals surface area contributed by atoms with Gasteiger partial charge in [0.2, 0.25) is 6.79 Å². The summed E-state index contributed by atoms with van der Waals surface area (Å²) in [5, 5.41) is 1.59. The van der Waals surface area contributed by atoms with E-state index in [9.17, 15) is 4.79 Å². The standard InChI is InChI=1S/C29H47N3O4/c1-6-10-16-30(9-4)17-11-12-26-23(5)25(24-13-14-27-28(19-24)35-22-34-27)20-31(26)21-29(33)32(15-7-2)36-18-8-3/h10,13-14,16,19,23,25-26H,6-9,11-12,15,17-18,20-22H2,1-5H3/b16-10-/t23-,25+,26+/m1/s1. The molecule has 0 aromatic heterocycles. The quantitative estimate of drug-likeness (QED) is 0.299. The minimum absolute atomic E-state index is 0.0647. The Morgan fingerprint density at radius 1 is 1.14 bits per heavy atom. The number of amides is 1. The molecular weight excluding hydrogens is 454 g/mol. The highest BCUT2D eigenvalue weighted by molar-refractivity contribution is 5.77. The molecule has 202 valence electrons. The van der Waals surface area contributed by atoms with Crippen LogP contribution in [0, 0.1) is 5.92 Å². The molecule has 0 aliphatic carbocycles. The summed E-state index contributed by atoms with van der Waals surface area (Å²) in [6, 6.07) is 6.66. The second kappa shape index (κ2) is 14.5. The van der Waals surface area contributed by atoms with Crippen molar-refractivity contribution in [3.63, 3.8) is 0 Å². The van der Waals surface area contributed by atoms with Crippen LogP contribution in [0.2, 0.25) is 0 Å². The summed E-state index contributed by atoms with van der Waals surface area (Å²) in [5.74, 6) is 2.48. The van der Waals surface area contributed by atoms with E-state index in [0.29, 0.717) is 37.6 Å². The predicted molar refractivity (Wildman–Crippen MR) is 144 cm³/mol. The number of benzene rings is 1. The van der Waals surface area contributed by atoms with Crippen molar-refractivity contribution in [2.45, 2.75) is 78.7 Å². The first-order chi connectivity index (χ1) is 17.5. The average molecular weight is 502 g/mol. The third kappa shape index (κ3) is 7.39. The van der Waals surface area contributed by atoms with Gasteiger partial charge in [0.1, 0.15) is 0 Å². The highest BCUT2D eigenvalue weighted by Crippen LogP contribution is 2.42. The predicted octanol–water partition coefficient (Wildman–Crippen LogP) is 5.43. The molecule has 0 saturated carbocycles. The number of hydrogen-bond donors (Lipinski definition) is 0. The first kappa shape index (κ1) is 28.3. The van der Waals surface area contributed by atoms with Crippen LogP contribution in [0.4, 0.5) is 0 Å². The van der Waals surface area contributed by atoms with Gasteiger partial charge in [0.15, 0.2) is 11.5 Å². The summed E-state index contributed by atoms with van der Waals surface area (Å²) in [6.45, 7) is 15.7. The molecular formula is C29H47N3O4. The van der Waals surface area contributed by atoms with Crippen molar-refractivity contribution in [1.82, 2.24) is 14.9 Å². The third-order valence-electron chi connectivity index (χ3n) is 7.36. The summed E-state index contributed by atoms with van der Waals surface area (Å²) >= 11 is 0. The molecule has 0 N–H and O–H groups in total. The van der Waals surface area contributed by atoms with Crippen LogP contribution in [0.25, 0.3) is 0 Å². The van der Waals surface area contributed by atoms with E-state index in [1.807, 2.05) is 6.07 Å². The van der Waals surface area contributed by atoms with E-state index in [0.717, 1.165) is 63.2 Å². The Bertz CT molecular complexity index is 846. The number of nitrogens with zero attached hydrogens (tertiary/aromatic N) is 3. The Kier molecular flexibility index (Phi) is 11.4. The molecule has 2 aliphatic heterocycles. The number of likely N-dealkylation sites (tertiary alicyclic amines) is 1. The van der Waals surface area contributed by atoms with Gasteiger partial charge in [-0.2, -0.15) is 0 Å². The van der Waals surface area contributed by atoms with Crippen molar-refractivity contribution in [2.75, 3.05) is 46.1 Å². The largest absolute Gasteiger partial charge is 0.454 e. The summed E-state index contributed by atoms with van der Waals surface area (Å²) in [4.78, 5) is 23.9. The van der Waals surface area contributed by atoms with Crippen molar-refractivity contribution in [2.24, 2.45) is 5.92 Å². The highest BCUT2D eigenvalue weighted by Gasteiger charge is 2.41. The van der Waals surface area contributed by atoms with Crippen molar-refractivity contribution < 1.29 is 19.1 Å². The molecule has 7 nitrogen and oxygen atoms in total. The van der Waals surface area contributed by atoms with E-state index < -0.39 is 0 Å². The summed E-state index contributed by atoms with van der Waals surface area (Å²) in [5.41, 5.74) is 1.26. The Hall–Kier alpha value is -2.25. The maximum absolute atomic E-state index is 13.3. The Morgan fingerprint density at radius 2 is 1.94 bits per heavy atom. The van der Waals surface area contributed by atoms with Gasteiger partial charge in [-0.1, -0.05) is 39.8 Å². The minimum atomic E-state index is 0.0647. The lowest BCUT2D eigenvalue weighted by Crippen LogP contribution is -2.43. The summed E-state index contributed by atoms with van der Waals surface area (Å²) < 4.78 is 11.2. The van der Waals surface area contributed by atoms with E-state index in [-0.39, 0.29) is 12.7 Å². The molecule has 0 radical (unpaired) electrons. The van der Waals surface area contributed by atoms with Crippen LogP contribution in [0.15, 0.2) is 30.5 Å². The maximum atomic E-state index is 13.3. The van der Waals surface area contributed by atoms with E-state index in [1.54, 1.807) is 5.06 Å². The molecule has 1 aromatic rings. The molecule has 7 heteroatoms. The van der Waals surface area contributed by atoms with Gasteiger partial charge in [0.05, 0.1) is 13.2 Å². The molecule has 0 unspecified atom stereocenters. The second-order valence-corrected chi connectivity index (χ2v) is 9.97. The molecule has 3 rings (SSSR count). The van der Waals surface area contributed by atoms with Crippen LogP contribution in [-0.4, -0.2) is 72.9 Å². The van der Waals surface area contributed by atoms with E-state index in [2.05, 4.69) is 68.8 Å². The first-order valence-electron chi connectivity index (χ1n) is 14.0. The monoisotopic (exact) mass is 501 g/mol. The lowest BCUT2D eigenvalue weighted by Gasteiger charge is -2.30. The summed E-state index contributed by atoms with van der Waals surface area (Å²) in [6.07, 6.45) is 9.44. The lowest BCUT2D eigenvalue weighted by atomic mass is 9.85. The molecule has 3 atom stereocenters. The van der Waals surface area contributed by atoms with Crippen molar-refractivity contribution in [3.05, 3.63) is 36.0 Å². The fraction of sp³-hybridized carbons (Fsp3) is 0.690. The summed E-state index contributed by atoms with van der Waals surface area (Å²) in [7, 11) is 0. The lowest BCUT2D eigenvalue weighted by molar-refractivity contribution is -0.188. The van der Waals surface area contributed by atoms with E-state index in [4.69, 9.17) is 14.3 Å². The molecule has 1 fully saturated rings. The van der Waals surface area contributed by atoms with Crippen LogP contribution >= 0.6 is 0 Å². The topological polar surface area (TPSA) is 54.5 Å².